The van der Waals surface area contributed by atoms with Gasteiger partial charge in [-0.1, -0.05) is 26.2 Å². The number of guanidine groups is 1. The maximum Gasteiger partial charge on any atom is 0.191 e. The number of aliphatic imine (C=N–C) groups is 1. The Morgan fingerprint density at radius 3 is 2.48 bits per heavy atom. The van der Waals surface area contributed by atoms with Crippen LogP contribution in [0.15, 0.2) is 4.99 Å². The molecule has 1 aliphatic carbocycles. The highest BCUT2D eigenvalue weighted by Crippen LogP contribution is 2.31. The SMILES string of the molecule is CCCOC1(CNC(=NC)NCCOCC)CCCCC1. The van der Waals surface area contributed by atoms with Gasteiger partial charge in [0.05, 0.1) is 12.2 Å². The van der Waals surface area contributed by atoms with Crippen LogP contribution in [0.4, 0.5) is 0 Å². The van der Waals surface area contributed by atoms with Crippen molar-refractivity contribution in [2.75, 3.05) is 40.0 Å². The van der Waals surface area contributed by atoms with Gasteiger partial charge in [0.2, 0.25) is 0 Å². The van der Waals surface area contributed by atoms with Crippen LogP contribution in [0, 0.1) is 0 Å². The molecular formula is C16H33N3O2. The lowest BCUT2D eigenvalue weighted by molar-refractivity contribution is -0.0657. The minimum absolute atomic E-state index is 0.00814. The Morgan fingerprint density at radius 1 is 1.10 bits per heavy atom. The van der Waals surface area contributed by atoms with Crippen LogP contribution in [-0.4, -0.2) is 51.5 Å². The van der Waals surface area contributed by atoms with E-state index in [2.05, 4.69) is 22.5 Å². The third-order valence-electron chi connectivity index (χ3n) is 3.92. The van der Waals surface area contributed by atoms with Crippen LogP contribution in [0.2, 0.25) is 0 Å². The molecule has 0 aliphatic heterocycles. The smallest absolute Gasteiger partial charge is 0.191 e. The van der Waals surface area contributed by atoms with Gasteiger partial charge in [-0.25, -0.2) is 0 Å². The molecule has 1 fully saturated rings. The molecule has 0 spiro atoms. The van der Waals surface area contributed by atoms with Crippen molar-refractivity contribution in [3.8, 4) is 0 Å². The zero-order valence-corrected chi connectivity index (χ0v) is 14.0. The molecule has 0 radical (unpaired) electrons. The van der Waals surface area contributed by atoms with Gasteiger partial charge in [-0.2, -0.15) is 0 Å². The van der Waals surface area contributed by atoms with E-state index in [4.69, 9.17) is 9.47 Å². The van der Waals surface area contributed by atoms with Gasteiger partial charge in [-0.05, 0) is 26.2 Å². The fraction of sp³-hybridized carbons (Fsp3) is 0.938. The Kier molecular flexibility index (Phi) is 9.42. The average Bonchev–Trinajstić information content (AvgIpc) is 2.53. The average molecular weight is 299 g/mol. The molecule has 0 aromatic rings. The molecule has 0 unspecified atom stereocenters. The van der Waals surface area contributed by atoms with Crippen LogP contribution in [-0.2, 0) is 9.47 Å². The van der Waals surface area contributed by atoms with Gasteiger partial charge < -0.3 is 20.1 Å². The van der Waals surface area contributed by atoms with Crippen LogP contribution in [0.5, 0.6) is 0 Å². The summed E-state index contributed by atoms with van der Waals surface area (Å²) in [5.41, 5.74) is -0.00814. The normalized spacial score (nSPS) is 18.5. The number of rotatable bonds is 9. The Morgan fingerprint density at radius 2 is 1.86 bits per heavy atom. The van der Waals surface area contributed by atoms with E-state index in [1.165, 1.54) is 19.3 Å². The molecule has 2 N–H and O–H groups in total. The molecule has 0 heterocycles. The number of hydrogen-bond acceptors (Lipinski definition) is 3. The first kappa shape index (κ1) is 18.2. The second kappa shape index (κ2) is 10.9. The predicted octanol–water partition coefficient (Wildman–Crippen LogP) is 2.32. The Labute approximate surface area is 129 Å². The molecule has 0 aromatic carbocycles. The number of nitrogens with one attached hydrogen (secondary N) is 2. The Balaban J connectivity index is 2.39. The summed E-state index contributed by atoms with van der Waals surface area (Å²) in [5.74, 6) is 0.833. The molecule has 0 bridgehead atoms. The van der Waals surface area contributed by atoms with Gasteiger partial charge in [0.15, 0.2) is 5.96 Å². The number of ether oxygens (including phenoxy) is 2. The maximum absolute atomic E-state index is 6.19. The summed E-state index contributed by atoms with van der Waals surface area (Å²) in [6.07, 6.45) is 7.23. The van der Waals surface area contributed by atoms with Gasteiger partial charge in [0.1, 0.15) is 0 Å². The van der Waals surface area contributed by atoms with E-state index in [1.807, 2.05) is 6.92 Å². The molecule has 5 nitrogen and oxygen atoms in total. The monoisotopic (exact) mass is 299 g/mol. The minimum atomic E-state index is -0.00814. The van der Waals surface area contributed by atoms with Crippen LogP contribution >= 0.6 is 0 Å². The second-order valence-corrected chi connectivity index (χ2v) is 5.64. The zero-order chi connectivity index (χ0) is 15.4. The summed E-state index contributed by atoms with van der Waals surface area (Å²) < 4.78 is 11.5. The van der Waals surface area contributed by atoms with E-state index in [9.17, 15) is 0 Å². The molecule has 0 aromatic heterocycles. The summed E-state index contributed by atoms with van der Waals surface area (Å²) in [6.45, 7) is 8.08. The van der Waals surface area contributed by atoms with E-state index in [-0.39, 0.29) is 5.60 Å². The van der Waals surface area contributed by atoms with E-state index in [0.29, 0.717) is 6.61 Å². The molecule has 1 aliphatic rings. The summed E-state index contributed by atoms with van der Waals surface area (Å²) >= 11 is 0. The van der Waals surface area contributed by atoms with Crippen molar-refractivity contribution in [2.24, 2.45) is 4.99 Å². The number of nitrogens with zero attached hydrogens (tertiary/aromatic N) is 1. The largest absolute Gasteiger partial charge is 0.380 e. The van der Waals surface area contributed by atoms with Crippen molar-refractivity contribution >= 4 is 5.96 Å². The molecule has 5 heteroatoms. The highest BCUT2D eigenvalue weighted by Gasteiger charge is 2.32. The summed E-state index contributed by atoms with van der Waals surface area (Å²) in [4.78, 5) is 4.26. The first-order valence-corrected chi connectivity index (χ1v) is 8.42. The van der Waals surface area contributed by atoms with Gasteiger partial charge in [-0.15, -0.1) is 0 Å². The molecule has 124 valence electrons. The number of hydrogen-bond donors (Lipinski definition) is 2. The van der Waals surface area contributed by atoms with Crippen LogP contribution in [0.25, 0.3) is 0 Å². The highest BCUT2D eigenvalue weighted by molar-refractivity contribution is 5.79. The quantitative estimate of drug-likeness (QED) is 0.390. The standard InChI is InChI=1S/C16H33N3O2/c1-4-12-21-16(9-7-6-8-10-16)14-19-15(17-3)18-11-13-20-5-2/h4-14H2,1-3H3,(H2,17,18,19). The third-order valence-corrected chi connectivity index (χ3v) is 3.92. The van der Waals surface area contributed by atoms with E-state index in [0.717, 1.165) is 51.5 Å². The van der Waals surface area contributed by atoms with Gasteiger partial charge in [0, 0.05) is 33.4 Å². The maximum atomic E-state index is 6.19. The summed E-state index contributed by atoms with van der Waals surface area (Å²) in [5, 5.41) is 6.70. The van der Waals surface area contributed by atoms with Gasteiger partial charge in [-0.3, -0.25) is 4.99 Å². The lowest BCUT2D eigenvalue weighted by Gasteiger charge is -2.37. The molecule has 1 saturated carbocycles. The predicted molar refractivity (Wildman–Crippen MR) is 87.9 cm³/mol. The Hall–Kier alpha value is -0.810. The molecule has 0 saturated heterocycles. The molecular weight excluding hydrogens is 266 g/mol. The molecule has 1 rings (SSSR count). The van der Waals surface area contributed by atoms with Crippen molar-refractivity contribution in [3.05, 3.63) is 0 Å². The fourth-order valence-electron chi connectivity index (χ4n) is 2.74. The van der Waals surface area contributed by atoms with Crippen molar-refractivity contribution in [1.29, 1.82) is 0 Å². The van der Waals surface area contributed by atoms with Crippen molar-refractivity contribution in [1.82, 2.24) is 10.6 Å². The first-order valence-electron chi connectivity index (χ1n) is 8.42. The topological polar surface area (TPSA) is 54.9 Å². The lowest BCUT2D eigenvalue weighted by atomic mass is 9.84. The van der Waals surface area contributed by atoms with Crippen molar-refractivity contribution in [3.63, 3.8) is 0 Å². The zero-order valence-electron chi connectivity index (χ0n) is 14.0. The van der Waals surface area contributed by atoms with Gasteiger partial charge in [0.25, 0.3) is 0 Å². The van der Waals surface area contributed by atoms with Crippen LogP contribution < -0.4 is 10.6 Å². The summed E-state index contributed by atoms with van der Waals surface area (Å²) in [6, 6.07) is 0. The minimum Gasteiger partial charge on any atom is -0.380 e. The molecule has 0 amide bonds. The summed E-state index contributed by atoms with van der Waals surface area (Å²) in [7, 11) is 1.80. The van der Waals surface area contributed by atoms with E-state index < -0.39 is 0 Å². The second-order valence-electron chi connectivity index (χ2n) is 5.64. The molecule has 21 heavy (non-hydrogen) atoms. The lowest BCUT2D eigenvalue weighted by Crippen LogP contribution is -2.50. The Bertz CT molecular complexity index is 289. The van der Waals surface area contributed by atoms with Crippen LogP contribution in [0.1, 0.15) is 52.4 Å². The van der Waals surface area contributed by atoms with Crippen molar-refractivity contribution < 1.29 is 9.47 Å². The van der Waals surface area contributed by atoms with Crippen LogP contribution in [0.3, 0.4) is 0 Å². The third kappa shape index (κ3) is 7.14. The molecule has 0 atom stereocenters. The highest BCUT2D eigenvalue weighted by atomic mass is 16.5. The fourth-order valence-corrected chi connectivity index (χ4v) is 2.74. The van der Waals surface area contributed by atoms with E-state index >= 15 is 0 Å². The van der Waals surface area contributed by atoms with E-state index in [1.54, 1.807) is 7.05 Å². The van der Waals surface area contributed by atoms with Crippen molar-refractivity contribution in [2.45, 2.75) is 58.0 Å². The first-order chi connectivity index (χ1) is 10.3. The van der Waals surface area contributed by atoms with Gasteiger partial charge >= 0.3 is 0 Å².